The highest BCUT2D eigenvalue weighted by molar-refractivity contribution is 6.10. The van der Waals surface area contributed by atoms with E-state index >= 15 is 0 Å². The molecule has 2 heterocycles. The number of ether oxygens (including phenoxy) is 1. The Morgan fingerprint density at radius 3 is 2.61 bits per heavy atom. The van der Waals surface area contributed by atoms with Gasteiger partial charge in [-0.05, 0) is 30.7 Å². The first-order chi connectivity index (χ1) is 14.8. The summed E-state index contributed by atoms with van der Waals surface area (Å²) in [6, 6.07) is 8.03. The number of fused-ring (bicyclic) bond motifs is 1. The third kappa shape index (κ3) is 4.18. The molecule has 0 unspecified atom stereocenters. The van der Waals surface area contributed by atoms with E-state index in [0.717, 1.165) is 11.6 Å². The van der Waals surface area contributed by atoms with Gasteiger partial charge in [0.05, 0.1) is 24.3 Å². The minimum atomic E-state index is -4.82. The van der Waals surface area contributed by atoms with Crippen molar-refractivity contribution in [3.63, 3.8) is 0 Å². The van der Waals surface area contributed by atoms with Gasteiger partial charge in [0.2, 0.25) is 0 Å². The second kappa shape index (κ2) is 8.14. The lowest BCUT2D eigenvalue weighted by Gasteiger charge is -2.27. The van der Waals surface area contributed by atoms with Crippen molar-refractivity contribution < 1.29 is 27.1 Å². The summed E-state index contributed by atoms with van der Waals surface area (Å²) in [5.41, 5.74) is -0.0846. The molecule has 0 aliphatic carbocycles. The lowest BCUT2D eigenvalue weighted by molar-refractivity contribution is -0.139. The SMILES string of the molecule is Cc1cccc2c(Nc3ccc(F)c(C(F)(F)F)c3)ncc(C(=O)N3CCOCC3)c12. The summed E-state index contributed by atoms with van der Waals surface area (Å²) in [6.45, 7) is 3.72. The number of amides is 1. The molecule has 5 nitrogen and oxygen atoms in total. The molecule has 1 saturated heterocycles. The molecule has 1 amide bonds. The van der Waals surface area contributed by atoms with Crippen LogP contribution in [0.15, 0.2) is 42.6 Å². The fourth-order valence-electron chi connectivity index (χ4n) is 3.64. The molecule has 0 saturated carbocycles. The van der Waals surface area contributed by atoms with Crippen LogP contribution in [0.4, 0.5) is 29.1 Å². The number of anilines is 2. The molecule has 9 heteroatoms. The van der Waals surface area contributed by atoms with E-state index in [1.807, 2.05) is 13.0 Å². The molecule has 1 N–H and O–H groups in total. The Hall–Kier alpha value is -3.20. The molecule has 1 aliphatic heterocycles. The first kappa shape index (κ1) is 21.0. The number of nitrogens with zero attached hydrogens (tertiary/aromatic N) is 2. The van der Waals surface area contributed by atoms with Crippen LogP contribution in [0.25, 0.3) is 10.8 Å². The number of rotatable bonds is 3. The van der Waals surface area contributed by atoms with Gasteiger partial charge >= 0.3 is 6.18 Å². The highest BCUT2D eigenvalue weighted by atomic mass is 19.4. The van der Waals surface area contributed by atoms with E-state index in [-0.39, 0.29) is 17.4 Å². The summed E-state index contributed by atoms with van der Waals surface area (Å²) in [5.74, 6) is -1.25. The lowest BCUT2D eigenvalue weighted by Crippen LogP contribution is -2.40. The largest absolute Gasteiger partial charge is 0.419 e. The van der Waals surface area contributed by atoms with Crippen LogP contribution >= 0.6 is 0 Å². The third-order valence-corrected chi connectivity index (χ3v) is 5.18. The van der Waals surface area contributed by atoms with Crippen LogP contribution in [0.1, 0.15) is 21.5 Å². The molecule has 162 valence electrons. The zero-order chi connectivity index (χ0) is 22.2. The van der Waals surface area contributed by atoms with E-state index in [4.69, 9.17) is 4.74 Å². The van der Waals surface area contributed by atoms with Gasteiger partial charge in [-0.15, -0.1) is 0 Å². The Balaban J connectivity index is 1.76. The summed E-state index contributed by atoms with van der Waals surface area (Å²) in [5, 5.41) is 4.08. The fourth-order valence-corrected chi connectivity index (χ4v) is 3.64. The number of carbonyl (C=O) groups excluding carboxylic acids is 1. The van der Waals surface area contributed by atoms with E-state index < -0.39 is 17.6 Å². The molecule has 1 aromatic heterocycles. The number of nitrogens with one attached hydrogen (secondary N) is 1. The summed E-state index contributed by atoms with van der Waals surface area (Å²) in [7, 11) is 0. The maximum Gasteiger partial charge on any atom is 0.419 e. The minimum Gasteiger partial charge on any atom is -0.378 e. The quantitative estimate of drug-likeness (QED) is 0.596. The van der Waals surface area contributed by atoms with Gasteiger partial charge in [-0.3, -0.25) is 4.79 Å². The number of aryl methyl sites for hydroxylation is 1. The van der Waals surface area contributed by atoms with Crippen molar-refractivity contribution in [1.29, 1.82) is 0 Å². The van der Waals surface area contributed by atoms with Crippen LogP contribution in [0, 0.1) is 12.7 Å². The Kier molecular flexibility index (Phi) is 5.53. The summed E-state index contributed by atoms with van der Waals surface area (Å²) in [6.07, 6.45) is -3.40. The predicted molar refractivity (Wildman–Crippen MR) is 108 cm³/mol. The van der Waals surface area contributed by atoms with Crippen molar-refractivity contribution in [2.75, 3.05) is 31.6 Å². The topological polar surface area (TPSA) is 54.5 Å². The highest BCUT2D eigenvalue weighted by Gasteiger charge is 2.34. The number of halogens is 4. The van der Waals surface area contributed by atoms with Crippen LogP contribution in [-0.4, -0.2) is 42.1 Å². The van der Waals surface area contributed by atoms with Gasteiger partial charge in [-0.25, -0.2) is 9.37 Å². The maximum atomic E-state index is 13.6. The van der Waals surface area contributed by atoms with Crippen LogP contribution in [0.5, 0.6) is 0 Å². The van der Waals surface area contributed by atoms with E-state index in [2.05, 4.69) is 10.3 Å². The van der Waals surface area contributed by atoms with E-state index in [1.165, 1.54) is 12.3 Å². The van der Waals surface area contributed by atoms with E-state index in [9.17, 15) is 22.4 Å². The van der Waals surface area contributed by atoms with Crippen LogP contribution < -0.4 is 5.32 Å². The Bertz CT molecular complexity index is 1140. The number of hydrogen-bond acceptors (Lipinski definition) is 4. The van der Waals surface area contributed by atoms with Crippen molar-refractivity contribution >= 4 is 28.2 Å². The van der Waals surface area contributed by atoms with Crippen LogP contribution in [0.3, 0.4) is 0 Å². The molecule has 2 aromatic carbocycles. The summed E-state index contributed by atoms with van der Waals surface area (Å²) in [4.78, 5) is 19.1. The predicted octanol–water partition coefficient (Wildman–Crippen LogP) is 4.92. The molecule has 0 bridgehead atoms. The van der Waals surface area contributed by atoms with Crippen molar-refractivity contribution in [1.82, 2.24) is 9.88 Å². The monoisotopic (exact) mass is 433 g/mol. The normalized spacial score (nSPS) is 14.7. The van der Waals surface area contributed by atoms with Gasteiger partial charge in [0.15, 0.2) is 0 Å². The molecule has 1 aliphatic rings. The molecule has 0 atom stereocenters. The van der Waals surface area contributed by atoms with E-state index in [1.54, 1.807) is 17.0 Å². The number of hydrogen-bond donors (Lipinski definition) is 1. The second-order valence-corrected chi connectivity index (χ2v) is 7.24. The highest BCUT2D eigenvalue weighted by Crippen LogP contribution is 2.35. The number of aromatic nitrogens is 1. The lowest BCUT2D eigenvalue weighted by atomic mass is 10.0. The summed E-state index contributed by atoms with van der Waals surface area (Å²) < 4.78 is 58.1. The first-order valence-electron chi connectivity index (χ1n) is 9.65. The average Bonchev–Trinajstić information content (AvgIpc) is 2.75. The van der Waals surface area contributed by atoms with Gasteiger partial charge in [-0.2, -0.15) is 13.2 Å². The molecule has 3 aromatic rings. The fraction of sp³-hybridized carbons (Fsp3) is 0.273. The second-order valence-electron chi connectivity index (χ2n) is 7.24. The van der Waals surface area contributed by atoms with Crippen molar-refractivity contribution in [2.45, 2.75) is 13.1 Å². The smallest absolute Gasteiger partial charge is 0.378 e. The average molecular weight is 433 g/mol. The Morgan fingerprint density at radius 1 is 1.16 bits per heavy atom. The van der Waals surface area contributed by atoms with Gasteiger partial charge in [-0.1, -0.05) is 18.2 Å². The zero-order valence-corrected chi connectivity index (χ0v) is 16.6. The number of carbonyl (C=O) groups is 1. The molecule has 0 radical (unpaired) electrons. The number of benzene rings is 2. The van der Waals surface area contributed by atoms with Crippen molar-refractivity contribution in [3.8, 4) is 0 Å². The van der Waals surface area contributed by atoms with Gasteiger partial charge in [0.1, 0.15) is 11.6 Å². The molecule has 1 fully saturated rings. The van der Waals surface area contributed by atoms with Gasteiger partial charge in [0, 0.05) is 35.7 Å². The first-order valence-corrected chi connectivity index (χ1v) is 9.65. The number of pyridine rings is 1. The number of alkyl halides is 3. The standard InChI is InChI=1S/C22H19F4N3O2/c1-13-3-2-4-15-19(13)16(21(30)29-7-9-31-10-8-29)12-27-20(15)28-14-5-6-18(23)17(11-14)22(24,25)26/h2-6,11-12H,7-10H2,1H3,(H,27,28). The van der Waals surface area contributed by atoms with Crippen molar-refractivity contribution in [2.24, 2.45) is 0 Å². The Labute approximate surface area is 175 Å². The minimum absolute atomic E-state index is 0.0382. The molecule has 31 heavy (non-hydrogen) atoms. The summed E-state index contributed by atoms with van der Waals surface area (Å²) >= 11 is 0. The van der Waals surface area contributed by atoms with Crippen molar-refractivity contribution in [3.05, 3.63) is 65.1 Å². The van der Waals surface area contributed by atoms with Gasteiger partial charge in [0.25, 0.3) is 5.91 Å². The molecule has 4 rings (SSSR count). The van der Waals surface area contributed by atoms with E-state index in [0.29, 0.717) is 48.7 Å². The van der Waals surface area contributed by atoms with Crippen LogP contribution in [0.2, 0.25) is 0 Å². The Morgan fingerprint density at radius 2 is 1.90 bits per heavy atom. The molecule has 0 spiro atoms. The number of morpholine rings is 1. The van der Waals surface area contributed by atoms with Gasteiger partial charge < -0.3 is 15.0 Å². The third-order valence-electron chi connectivity index (χ3n) is 5.18. The molecular formula is C22H19F4N3O2. The maximum absolute atomic E-state index is 13.6. The van der Waals surface area contributed by atoms with Crippen LogP contribution in [-0.2, 0) is 10.9 Å². The molecular weight excluding hydrogens is 414 g/mol. The zero-order valence-electron chi connectivity index (χ0n) is 16.6.